The lowest BCUT2D eigenvalue weighted by Crippen LogP contribution is -2.37. The molecule has 0 radical (unpaired) electrons. The summed E-state index contributed by atoms with van der Waals surface area (Å²) in [7, 11) is 0. The molecule has 0 amide bonds. The summed E-state index contributed by atoms with van der Waals surface area (Å²) >= 11 is 0. The normalized spacial score (nSPS) is 17.8. The Hall–Kier alpha value is -0.940. The Morgan fingerprint density at radius 1 is 1.21 bits per heavy atom. The second-order valence-corrected chi connectivity index (χ2v) is 5.04. The van der Waals surface area contributed by atoms with Gasteiger partial charge in [-0.1, -0.05) is 24.3 Å². The van der Waals surface area contributed by atoms with Gasteiger partial charge >= 0.3 is 0 Å². The molecule has 2 rings (SSSR count). The zero-order valence-corrected chi connectivity index (χ0v) is 11.4. The van der Waals surface area contributed by atoms with Crippen LogP contribution in [0.15, 0.2) is 24.3 Å². The number of rotatable bonds is 6. The third-order valence-electron chi connectivity index (χ3n) is 3.71. The molecule has 1 aliphatic heterocycles. The van der Waals surface area contributed by atoms with Crippen LogP contribution in [0, 0.1) is 0 Å². The number of aliphatic hydroxyl groups excluding tert-OH is 1. The van der Waals surface area contributed by atoms with E-state index in [-0.39, 0.29) is 6.61 Å². The summed E-state index contributed by atoms with van der Waals surface area (Å²) in [5, 5.41) is 8.75. The maximum absolute atomic E-state index is 8.75. The van der Waals surface area contributed by atoms with Gasteiger partial charge in [0.2, 0.25) is 0 Å². The van der Waals surface area contributed by atoms with Crippen LogP contribution in [0.5, 0.6) is 0 Å². The summed E-state index contributed by atoms with van der Waals surface area (Å²) in [5.74, 6) is 0. The van der Waals surface area contributed by atoms with Crippen LogP contribution in [0.1, 0.15) is 24.0 Å². The Labute approximate surface area is 115 Å². The van der Waals surface area contributed by atoms with Gasteiger partial charge in [-0.15, -0.1) is 0 Å². The van der Waals surface area contributed by atoms with Crippen LogP contribution in [0.2, 0.25) is 0 Å². The minimum atomic E-state index is 0.115. The highest BCUT2D eigenvalue weighted by Crippen LogP contribution is 2.18. The van der Waals surface area contributed by atoms with Crippen molar-refractivity contribution < 1.29 is 9.84 Å². The highest BCUT2D eigenvalue weighted by molar-refractivity contribution is 5.26. The number of nitrogens with two attached hydrogens (primary N) is 1. The van der Waals surface area contributed by atoms with E-state index < -0.39 is 0 Å². The zero-order valence-electron chi connectivity index (χ0n) is 11.4. The maximum Gasteiger partial charge on any atom is 0.0701 e. The van der Waals surface area contributed by atoms with Crippen molar-refractivity contribution in [3.8, 4) is 0 Å². The quantitative estimate of drug-likeness (QED) is 0.808. The van der Waals surface area contributed by atoms with E-state index in [0.29, 0.717) is 19.3 Å². The number of nitrogens with zero attached hydrogens (tertiary/aromatic N) is 1. The van der Waals surface area contributed by atoms with Crippen LogP contribution >= 0.6 is 0 Å². The Morgan fingerprint density at radius 2 is 1.89 bits per heavy atom. The summed E-state index contributed by atoms with van der Waals surface area (Å²) < 4.78 is 5.58. The molecule has 4 heteroatoms. The molecule has 3 N–H and O–H groups in total. The summed E-state index contributed by atoms with van der Waals surface area (Å²) in [6.45, 7) is 4.25. The molecule has 0 spiro atoms. The van der Waals surface area contributed by atoms with Gasteiger partial charge in [0.1, 0.15) is 0 Å². The standard InChI is InChI=1S/C15H24N2O2/c16-11-13-3-1-2-4-14(13)12-17-7-5-15(6-8-17)19-10-9-18/h1-4,15,18H,5-12,16H2. The summed E-state index contributed by atoms with van der Waals surface area (Å²) in [5.41, 5.74) is 8.34. The summed E-state index contributed by atoms with van der Waals surface area (Å²) in [4.78, 5) is 2.45. The predicted octanol–water partition coefficient (Wildman–Crippen LogP) is 1.12. The average Bonchev–Trinajstić information content (AvgIpc) is 2.47. The molecule has 0 aliphatic carbocycles. The van der Waals surface area contributed by atoms with Crippen molar-refractivity contribution in [2.45, 2.75) is 32.0 Å². The largest absolute Gasteiger partial charge is 0.394 e. The van der Waals surface area contributed by atoms with Crippen LogP contribution < -0.4 is 5.73 Å². The molecule has 1 fully saturated rings. The van der Waals surface area contributed by atoms with E-state index in [4.69, 9.17) is 15.6 Å². The first-order chi connectivity index (χ1) is 9.33. The first kappa shape index (κ1) is 14.5. The third kappa shape index (κ3) is 4.28. The van der Waals surface area contributed by atoms with Gasteiger partial charge in [-0.3, -0.25) is 4.90 Å². The number of piperidine rings is 1. The van der Waals surface area contributed by atoms with Crippen molar-refractivity contribution in [2.75, 3.05) is 26.3 Å². The van der Waals surface area contributed by atoms with Gasteiger partial charge in [0.05, 0.1) is 19.3 Å². The fourth-order valence-electron chi connectivity index (χ4n) is 2.61. The molecule has 106 valence electrons. The van der Waals surface area contributed by atoms with Gasteiger partial charge < -0.3 is 15.6 Å². The highest BCUT2D eigenvalue weighted by atomic mass is 16.5. The van der Waals surface area contributed by atoms with Gasteiger partial charge in [0.25, 0.3) is 0 Å². The molecule has 19 heavy (non-hydrogen) atoms. The maximum atomic E-state index is 8.75. The highest BCUT2D eigenvalue weighted by Gasteiger charge is 2.19. The molecule has 0 saturated carbocycles. The van der Waals surface area contributed by atoms with Gasteiger partial charge in [-0.25, -0.2) is 0 Å². The van der Waals surface area contributed by atoms with Crippen molar-refractivity contribution in [3.63, 3.8) is 0 Å². The molecule has 0 aromatic heterocycles. The van der Waals surface area contributed by atoms with Crippen molar-refractivity contribution >= 4 is 0 Å². The third-order valence-corrected chi connectivity index (χ3v) is 3.71. The summed E-state index contributed by atoms with van der Waals surface area (Å²) in [6, 6.07) is 8.38. The van der Waals surface area contributed by atoms with Crippen molar-refractivity contribution in [3.05, 3.63) is 35.4 Å². The summed E-state index contributed by atoms with van der Waals surface area (Å²) in [6.07, 6.45) is 2.41. The topological polar surface area (TPSA) is 58.7 Å². The Balaban J connectivity index is 1.82. The molecule has 1 aromatic carbocycles. The van der Waals surface area contributed by atoms with Crippen LogP contribution in [-0.2, 0) is 17.8 Å². The van der Waals surface area contributed by atoms with Crippen molar-refractivity contribution in [2.24, 2.45) is 5.73 Å². The van der Waals surface area contributed by atoms with Crippen LogP contribution in [0.4, 0.5) is 0 Å². The number of ether oxygens (including phenoxy) is 1. The number of hydrogen-bond acceptors (Lipinski definition) is 4. The van der Waals surface area contributed by atoms with E-state index in [1.807, 2.05) is 6.07 Å². The van der Waals surface area contributed by atoms with Gasteiger partial charge in [-0.05, 0) is 24.0 Å². The molecular weight excluding hydrogens is 240 g/mol. The molecular formula is C15H24N2O2. The van der Waals surface area contributed by atoms with Gasteiger partial charge in [0.15, 0.2) is 0 Å². The van der Waals surface area contributed by atoms with E-state index in [1.165, 1.54) is 11.1 Å². The SMILES string of the molecule is NCc1ccccc1CN1CCC(OCCO)CC1. The second kappa shape index (κ2) is 7.60. The van der Waals surface area contributed by atoms with E-state index >= 15 is 0 Å². The van der Waals surface area contributed by atoms with Crippen LogP contribution in [0.3, 0.4) is 0 Å². The Kier molecular flexibility index (Phi) is 5.79. The predicted molar refractivity (Wildman–Crippen MR) is 75.7 cm³/mol. The average molecular weight is 264 g/mol. The number of aliphatic hydroxyl groups is 1. The molecule has 1 aliphatic rings. The zero-order chi connectivity index (χ0) is 13.5. The fraction of sp³-hybridized carbons (Fsp3) is 0.600. The first-order valence-corrected chi connectivity index (χ1v) is 7.05. The first-order valence-electron chi connectivity index (χ1n) is 7.05. The van der Waals surface area contributed by atoms with Crippen LogP contribution in [0.25, 0.3) is 0 Å². The van der Waals surface area contributed by atoms with Gasteiger partial charge in [-0.2, -0.15) is 0 Å². The monoisotopic (exact) mass is 264 g/mol. The fourth-order valence-corrected chi connectivity index (χ4v) is 2.61. The molecule has 0 bridgehead atoms. The number of benzene rings is 1. The van der Waals surface area contributed by atoms with Gasteiger partial charge in [0, 0.05) is 26.2 Å². The second-order valence-electron chi connectivity index (χ2n) is 5.04. The minimum absolute atomic E-state index is 0.115. The lowest BCUT2D eigenvalue weighted by Gasteiger charge is -2.32. The molecule has 4 nitrogen and oxygen atoms in total. The lowest BCUT2D eigenvalue weighted by atomic mass is 10.0. The van der Waals surface area contributed by atoms with E-state index in [2.05, 4.69) is 23.1 Å². The number of likely N-dealkylation sites (tertiary alicyclic amines) is 1. The molecule has 0 unspecified atom stereocenters. The molecule has 0 atom stereocenters. The van der Waals surface area contributed by atoms with E-state index in [0.717, 1.165) is 32.5 Å². The smallest absolute Gasteiger partial charge is 0.0701 e. The van der Waals surface area contributed by atoms with Crippen molar-refractivity contribution in [1.82, 2.24) is 4.90 Å². The Bertz CT molecular complexity index is 376. The van der Waals surface area contributed by atoms with Crippen LogP contribution in [-0.4, -0.2) is 42.4 Å². The minimum Gasteiger partial charge on any atom is -0.394 e. The molecule has 1 saturated heterocycles. The van der Waals surface area contributed by atoms with E-state index in [1.54, 1.807) is 0 Å². The number of hydrogen-bond donors (Lipinski definition) is 2. The molecule has 1 aromatic rings. The molecule has 1 heterocycles. The van der Waals surface area contributed by atoms with E-state index in [9.17, 15) is 0 Å². The Morgan fingerprint density at radius 3 is 2.53 bits per heavy atom. The lowest BCUT2D eigenvalue weighted by molar-refractivity contribution is -0.00904. The van der Waals surface area contributed by atoms with Crippen molar-refractivity contribution in [1.29, 1.82) is 0 Å².